The molecule has 3 rings (SSSR count). The lowest BCUT2D eigenvalue weighted by atomic mass is 9.92. The molecule has 1 saturated heterocycles. The molecule has 0 saturated carbocycles. The van der Waals surface area contributed by atoms with Crippen molar-refractivity contribution in [2.24, 2.45) is 0 Å². The Bertz CT molecular complexity index is 651. The van der Waals surface area contributed by atoms with Crippen molar-refractivity contribution in [3.63, 3.8) is 0 Å². The Labute approximate surface area is 156 Å². The Morgan fingerprint density at radius 1 is 1.28 bits per heavy atom. The molecule has 2 aromatic rings. The highest BCUT2D eigenvalue weighted by atomic mass is 35.5. The highest BCUT2D eigenvalue weighted by Gasteiger charge is 2.29. The molecule has 2 heterocycles. The maximum atomic E-state index is 13.0. The van der Waals surface area contributed by atoms with Crippen molar-refractivity contribution in [1.29, 1.82) is 0 Å². The van der Waals surface area contributed by atoms with Gasteiger partial charge in [-0.15, -0.1) is 12.4 Å². The quantitative estimate of drug-likeness (QED) is 0.887. The van der Waals surface area contributed by atoms with E-state index in [1.807, 2.05) is 35.4 Å². The minimum Gasteiger partial charge on any atom is -0.333 e. The molecule has 0 spiro atoms. The molecule has 1 aliphatic rings. The summed E-state index contributed by atoms with van der Waals surface area (Å²) in [6.45, 7) is 4.55. The molecule has 5 heteroatoms. The minimum atomic E-state index is 0. The van der Waals surface area contributed by atoms with Gasteiger partial charge in [-0.05, 0) is 29.5 Å². The Morgan fingerprint density at radius 3 is 2.76 bits per heavy atom. The van der Waals surface area contributed by atoms with Gasteiger partial charge in [0.2, 0.25) is 5.91 Å². The van der Waals surface area contributed by atoms with Crippen LogP contribution in [-0.2, 0) is 4.79 Å². The maximum Gasteiger partial charge on any atom is 0.223 e. The number of rotatable bonds is 5. The van der Waals surface area contributed by atoms with Crippen LogP contribution in [0, 0.1) is 0 Å². The summed E-state index contributed by atoms with van der Waals surface area (Å²) in [4.78, 5) is 19.2. The van der Waals surface area contributed by atoms with Gasteiger partial charge >= 0.3 is 0 Å². The van der Waals surface area contributed by atoms with Crippen LogP contribution in [0.2, 0.25) is 0 Å². The normalized spacial score (nSPS) is 18.3. The number of nitrogens with zero attached hydrogens (tertiary/aromatic N) is 2. The number of carbonyl (C=O) groups is 1. The lowest BCUT2D eigenvalue weighted by molar-refractivity contribution is -0.135. The molecule has 1 amide bonds. The smallest absolute Gasteiger partial charge is 0.223 e. The van der Waals surface area contributed by atoms with Gasteiger partial charge in [-0.2, -0.15) is 0 Å². The molecule has 2 unspecified atom stereocenters. The van der Waals surface area contributed by atoms with Gasteiger partial charge in [-0.3, -0.25) is 9.78 Å². The lowest BCUT2D eigenvalue weighted by Crippen LogP contribution is -2.49. The number of piperazine rings is 1. The standard InChI is InChI=1S/C20H25N3O.ClH/c1-2-16(17-7-4-3-5-8-17)13-20(24)23-12-11-22-15-19(23)18-9-6-10-21-14-18;/h3-10,14,16,19,22H,2,11-13,15H2,1H3;1H. The molecule has 4 nitrogen and oxygen atoms in total. The SMILES string of the molecule is CCC(CC(=O)N1CCNCC1c1cccnc1)c1ccccc1.Cl. The molecule has 25 heavy (non-hydrogen) atoms. The monoisotopic (exact) mass is 359 g/mol. The van der Waals surface area contributed by atoms with Crippen LogP contribution in [0.5, 0.6) is 0 Å². The van der Waals surface area contributed by atoms with Crippen molar-refractivity contribution >= 4 is 18.3 Å². The number of pyridine rings is 1. The maximum absolute atomic E-state index is 13.0. The minimum absolute atomic E-state index is 0. The van der Waals surface area contributed by atoms with E-state index in [2.05, 4.69) is 35.4 Å². The van der Waals surface area contributed by atoms with E-state index in [-0.39, 0.29) is 30.3 Å². The predicted octanol–water partition coefficient (Wildman–Crippen LogP) is 3.56. The molecule has 1 aromatic carbocycles. The van der Waals surface area contributed by atoms with Gasteiger partial charge in [-0.25, -0.2) is 0 Å². The summed E-state index contributed by atoms with van der Waals surface area (Å²) in [7, 11) is 0. The summed E-state index contributed by atoms with van der Waals surface area (Å²) in [5, 5.41) is 3.40. The molecule has 1 fully saturated rings. The summed E-state index contributed by atoms with van der Waals surface area (Å²) in [6, 6.07) is 14.4. The van der Waals surface area contributed by atoms with Crippen LogP contribution in [0.15, 0.2) is 54.9 Å². The van der Waals surface area contributed by atoms with Gasteiger partial charge in [0.15, 0.2) is 0 Å². The molecule has 1 aliphatic heterocycles. The van der Waals surface area contributed by atoms with E-state index < -0.39 is 0 Å². The molecule has 1 aromatic heterocycles. The zero-order valence-corrected chi connectivity index (χ0v) is 15.4. The summed E-state index contributed by atoms with van der Waals surface area (Å²) in [5.74, 6) is 0.518. The summed E-state index contributed by atoms with van der Waals surface area (Å²) in [5.41, 5.74) is 2.35. The van der Waals surface area contributed by atoms with Gasteiger partial charge in [0.05, 0.1) is 6.04 Å². The van der Waals surface area contributed by atoms with Crippen LogP contribution in [0.1, 0.15) is 42.9 Å². The van der Waals surface area contributed by atoms with E-state index in [0.717, 1.165) is 31.6 Å². The first-order valence-electron chi connectivity index (χ1n) is 8.74. The van der Waals surface area contributed by atoms with Crippen LogP contribution in [-0.4, -0.2) is 35.4 Å². The van der Waals surface area contributed by atoms with Crippen LogP contribution in [0.25, 0.3) is 0 Å². The molecule has 0 aliphatic carbocycles. The van der Waals surface area contributed by atoms with Crippen LogP contribution in [0.4, 0.5) is 0 Å². The van der Waals surface area contributed by atoms with Gasteiger partial charge < -0.3 is 10.2 Å². The average Bonchev–Trinajstić information content (AvgIpc) is 2.67. The third-order valence-electron chi connectivity index (χ3n) is 4.82. The van der Waals surface area contributed by atoms with Crippen LogP contribution < -0.4 is 5.32 Å². The zero-order valence-electron chi connectivity index (χ0n) is 14.6. The second-order valence-electron chi connectivity index (χ2n) is 6.31. The Kier molecular flexibility index (Phi) is 7.41. The number of amides is 1. The summed E-state index contributed by atoms with van der Waals surface area (Å²) in [6.07, 6.45) is 5.18. The summed E-state index contributed by atoms with van der Waals surface area (Å²) >= 11 is 0. The largest absolute Gasteiger partial charge is 0.333 e. The third-order valence-corrected chi connectivity index (χ3v) is 4.82. The Balaban J connectivity index is 0.00000225. The Morgan fingerprint density at radius 2 is 2.08 bits per heavy atom. The average molecular weight is 360 g/mol. The van der Waals surface area contributed by atoms with E-state index in [4.69, 9.17) is 0 Å². The van der Waals surface area contributed by atoms with Crippen LogP contribution >= 0.6 is 12.4 Å². The van der Waals surface area contributed by atoms with Crippen molar-refractivity contribution in [3.8, 4) is 0 Å². The van der Waals surface area contributed by atoms with Crippen molar-refractivity contribution in [2.75, 3.05) is 19.6 Å². The second kappa shape index (κ2) is 9.54. The van der Waals surface area contributed by atoms with Crippen molar-refractivity contribution < 1.29 is 4.79 Å². The molecular weight excluding hydrogens is 334 g/mol. The van der Waals surface area contributed by atoms with E-state index in [1.54, 1.807) is 6.20 Å². The first kappa shape index (κ1) is 19.4. The highest BCUT2D eigenvalue weighted by Crippen LogP contribution is 2.28. The van der Waals surface area contributed by atoms with E-state index in [0.29, 0.717) is 6.42 Å². The van der Waals surface area contributed by atoms with Gasteiger partial charge in [0.1, 0.15) is 0 Å². The number of hydrogen-bond acceptors (Lipinski definition) is 3. The number of aromatic nitrogens is 1. The number of halogens is 1. The Hall–Kier alpha value is -1.91. The fourth-order valence-corrected chi connectivity index (χ4v) is 3.42. The van der Waals surface area contributed by atoms with Crippen molar-refractivity contribution in [1.82, 2.24) is 15.2 Å². The summed E-state index contributed by atoms with van der Waals surface area (Å²) < 4.78 is 0. The van der Waals surface area contributed by atoms with Crippen molar-refractivity contribution in [3.05, 3.63) is 66.0 Å². The molecule has 134 valence electrons. The molecular formula is C20H26ClN3O. The molecule has 0 bridgehead atoms. The van der Waals surface area contributed by atoms with Gasteiger partial charge in [-0.1, -0.05) is 43.3 Å². The van der Waals surface area contributed by atoms with Crippen molar-refractivity contribution in [2.45, 2.75) is 31.7 Å². The van der Waals surface area contributed by atoms with Gasteiger partial charge in [0.25, 0.3) is 0 Å². The van der Waals surface area contributed by atoms with E-state index >= 15 is 0 Å². The first-order valence-corrected chi connectivity index (χ1v) is 8.74. The number of nitrogens with one attached hydrogen (secondary N) is 1. The molecule has 1 N–H and O–H groups in total. The first-order chi connectivity index (χ1) is 11.8. The van der Waals surface area contributed by atoms with Gasteiger partial charge in [0, 0.05) is 38.4 Å². The highest BCUT2D eigenvalue weighted by molar-refractivity contribution is 5.85. The third kappa shape index (κ3) is 4.80. The fourth-order valence-electron chi connectivity index (χ4n) is 3.42. The van der Waals surface area contributed by atoms with Crippen LogP contribution in [0.3, 0.4) is 0 Å². The predicted molar refractivity (Wildman–Crippen MR) is 103 cm³/mol. The zero-order chi connectivity index (χ0) is 16.8. The lowest BCUT2D eigenvalue weighted by Gasteiger charge is -2.37. The number of benzene rings is 1. The topological polar surface area (TPSA) is 45.2 Å². The molecule has 0 radical (unpaired) electrons. The van der Waals surface area contributed by atoms with E-state index in [9.17, 15) is 4.79 Å². The number of hydrogen-bond donors (Lipinski definition) is 1. The van der Waals surface area contributed by atoms with E-state index in [1.165, 1.54) is 5.56 Å². The number of carbonyl (C=O) groups excluding carboxylic acids is 1. The fraction of sp³-hybridized carbons (Fsp3) is 0.400. The second-order valence-corrected chi connectivity index (χ2v) is 6.31. The molecule has 2 atom stereocenters.